The number of benzene rings is 3. The standard InChI is InChI=1S/C29H27N3O5/c1-37-29(36)20-9-12-23-24(17-20)31-27(34)25(23)26(18-5-3-2-4-6-18)30-21-10-7-19(8-11-21)28(35)32-15-13-22(33)14-16-32/h2-12,17,22,25,33H,13-16H2,1H3,(H,31,34). The molecule has 8 heteroatoms. The van der Waals surface area contributed by atoms with Crippen LogP contribution in [0, 0.1) is 0 Å². The molecule has 5 rings (SSSR count). The number of carbonyl (C=O) groups is 3. The molecule has 3 aromatic rings. The number of amides is 2. The first-order chi connectivity index (χ1) is 17.9. The SMILES string of the molecule is COC(=O)c1ccc2c(c1)NC(=O)C2C(=Nc1ccc(C(=O)N2CCC(O)CC2)cc1)c1ccccc1. The number of carbonyl (C=O) groups excluding carboxylic acids is 3. The van der Waals surface area contributed by atoms with E-state index in [1.807, 2.05) is 30.3 Å². The number of aliphatic imine (C=N–C) groups is 1. The van der Waals surface area contributed by atoms with Crippen molar-refractivity contribution in [2.75, 3.05) is 25.5 Å². The normalized spacial score (nSPS) is 17.8. The molecule has 2 N–H and O–H groups in total. The number of anilines is 1. The van der Waals surface area contributed by atoms with Crippen LogP contribution in [0.3, 0.4) is 0 Å². The van der Waals surface area contributed by atoms with Gasteiger partial charge in [-0.1, -0.05) is 36.4 Å². The molecule has 1 atom stereocenters. The number of nitrogens with one attached hydrogen (secondary N) is 1. The van der Waals surface area contributed by atoms with Crippen LogP contribution in [0.2, 0.25) is 0 Å². The molecule has 37 heavy (non-hydrogen) atoms. The Morgan fingerprint density at radius 1 is 0.946 bits per heavy atom. The zero-order valence-electron chi connectivity index (χ0n) is 20.4. The van der Waals surface area contributed by atoms with Crippen LogP contribution < -0.4 is 5.32 Å². The summed E-state index contributed by atoms with van der Waals surface area (Å²) in [5.41, 5.74) is 4.14. The molecule has 1 saturated heterocycles. The van der Waals surface area contributed by atoms with Gasteiger partial charge >= 0.3 is 5.97 Å². The van der Waals surface area contributed by atoms with Gasteiger partial charge in [0.25, 0.3) is 5.91 Å². The smallest absolute Gasteiger partial charge is 0.337 e. The van der Waals surface area contributed by atoms with Gasteiger partial charge in [0, 0.05) is 24.3 Å². The number of hydrogen-bond donors (Lipinski definition) is 2. The number of rotatable bonds is 5. The van der Waals surface area contributed by atoms with Crippen molar-refractivity contribution >= 4 is 34.9 Å². The Morgan fingerprint density at radius 2 is 1.62 bits per heavy atom. The van der Waals surface area contributed by atoms with Crippen LogP contribution in [-0.4, -0.2) is 59.8 Å². The zero-order valence-corrected chi connectivity index (χ0v) is 20.4. The third-order valence-corrected chi connectivity index (χ3v) is 6.76. The number of hydrogen-bond acceptors (Lipinski definition) is 6. The molecular weight excluding hydrogens is 470 g/mol. The molecule has 0 bridgehead atoms. The lowest BCUT2D eigenvalue weighted by atomic mass is 9.90. The molecule has 2 heterocycles. The van der Waals surface area contributed by atoms with Gasteiger partial charge in [0.15, 0.2) is 0 Å². The first-order valence-electron chi connectivity index (χ1n) is 12.2. The molecule has 0 aromatic heterocycles. The zero-order chi connectivity index (χ0) is 25.9. The minimum atomic E-state index is -0.676. The van der Waals surface area contributed by atoms with E-state index in [4.69, 9.17) is 9.73 Å². The third kappa shape index (κ3) is 5.01. The Hall–Kier alpha value is -4.30. The summed E-state index contributed by atoms with van der Waals surface area (Å²) in [6, 6.07) is 21.5. The van der Waals surface area contributed by atoms with Crippen LogP contribution in [0.15, 0.2) is 77.8 Å². The second-order valence-electron chi connectivity index (χ2n) is 9.15. The van der Waals surface area contributed by atoms with Crippen LogP contribution in [0.5, 0.6) is 0 Å². The van der Waals surface area contributed by atoms with Crippen molar-refractivity contribution in [2.24, 2.45) is 4.99 Å². The summed E-state index contributed by atoms with van der Waals surface area (Å²) in [4.78, 5) is 44.6. The van der Waals surface area contributed by atoms with E-state index in [-0.39, 0.29) is 17.9 Å². The van der Waals surface area contributed by atoms with Crippen molar-refractivity contribution in [2.45, 2.75) is 24.9 Å². The Morgan fingerprint density at radius 3 is 2.30 bits per heavy atom. The van der Waals surface area contributed by atoms with E-state index in [1.165, 1.54) is 7.11 Å². The minimum absolute atomic E-state index is 0.0729. The van der Waals surface area contributed by atoms with E-state index in [2.05, 4.69) is 5.32 Å². The first-order valence-corrected chi connectivity index (χ1v) is 12.2. The Balaban J connectivity index is 1.48. The maximum absolute atomic E-state index is 13.2. The van der Waals surface area contributed by atoms with E-state index >= 15 is 0 Å². The molecule has 2 amide bonds. The summed E-state index contributed by atoms with van der Waals surface area (Å²) >= 11 is 0. The average Bonchev–Trinajstić information content (AvgIpc) is 3.26. The van der Waals surface area contributed by atoms with Gasteiger partial charge in [-0.25, -0.2) is 4.79 Å². The van der Waals surface area contributed by atoms with E-state index < -0.39 is 11.9 Å². The summed E-state index contributed by atoms with van der Waals surface area (Å²) in [7, 11) is 1.31. The van der Waals surface area contributed by atoms with E-state index in [9.17, 15) is 19.5 Å². The van der Waals surface area contributed by atoms with Crippen molar-refractivity contribution in [1.82, 2.24) is 4.90 Å². The monoisotopic (exact) mass is 497 g/mol. The second-order valence-corrected chi connectivity index (χ2v) is 9.15. The van der Waals surface area contributed by atoms with Gasteiger partial charge in [0.1, 0.15) is 5.92 Å². The number of likely N-dealkylation sites (tertiary alicyclic amines) is 1. The van der Waals surface area contributed by atoms with Crippen LogP contribution >= 0.6 is 0 Å². The Bertz CT molecular complexity index is 1360. The summed E-state index contributed by atoms with van der Waals surface area (Å²) in [5.74, 6) is -1.46. The van der Waals surface area contributed by atoms with E-state index in [1.54, 1.807) is 47.4 Å². The maximum atomic E-state index is 13.2. The van der Waals surface area contributed by atoms with Gasteiger partial charge in [0.05, 0.1) is 30.2 Å². The van der Waals surface area contributed by atoms with Gasteiger partial charge in [0.2, 0.25) is 5.91 Å². The van der Waals surface area contributed by atoms with Crippen molar-refractivity contribution in [3.05, 3.63) is 95.1 Å². The van der Waals surface area contributed by atoms with Gasteiger partial charge in [-0.15, -0.1) is 0 Å². The molecule has 1 unspecified atom stereocenters. The van der Waals surface area contributed by atoms with Gasteiger partial charge in [-0.3, -0.25) is 14.6 Å². The Labute approximate surface area is 214 Å². The van der Waals surface area contributed by atoms with Crippen molar-refractivity contribution < 1.29 is 24.2 Å². The summed E-state index contributed by atoms with van der Waals surface area (Å²) in [5, 5.41) is 12.6. The van der Waals surface area contributed by atoms with Gasteiger partial charge < -0.3 is 20.1 Å². The molecule has 3 aromatic carbocycles. The molecule has 0 radical (unpaired) electrons. The number of esters is 1. The highest BCUT2D eigenvalue weighted by molar-refractivity contribution is 6.24. The quantitative estimate of drug-likeness (QED) is 0.410. The van der Waals surface area contributed by atoms with Crippen LogP contribution in [0.25, 0.3) is 0 Å². The lowest BCUT2D eigenvalue weighted by Gasteiger charge is -2.29. The summed E-state index contributed by atoms with van der Waals surface area (Å²) in [6.07, 6.45) is 0.823. The van der Waals surface area contributed by atoms with Crippen LogP contribution in [0.1, 0.15) is 50.6 Å². The minimum Gasteiger partial charge on any atom is -0.465 e. The summed E-state index contributed by atoms with van der Waals surface area (Å²) in [6.45, 7) is 1.07. The fourth-order valence-electron chi connectivity index (χ4n) is 4.75. The van der Waals surface area contributed by atoms with E-state index in [0.717, 1.165) is 11.1 Å². The number of fused-ring (bicyclic) bond motifs is 1. The highest BCUT2D eigenvalue weighted by Crippen LogP contribution is 2.37. The lowest BCUT2D eigenvalue weighted by Crippen LogP contribution is -2.40. The van der Waals surface area contributed by atoms with Crippen molar-refractivity contribution in [3.63, 3.8) is 0 Å². The first kappa shape index (κ1) is 24.4. The van der Waals surface area contributed by atoms with Crippen molar-refractivity contribution in [1.29, 1.82) is 0 Å². The number of methoxy groups -OCH3 is 1. The Kier molecular flexibility index (Phi) is 6.83. The molecule has 2 aliphatic heterocycles. The number of ether oxygens (including phenoxy) is 1. The van der Waals surface area contributed by atoms with Crippen LogP contribution in [-0.2, 0) is 9.53 Å². The highest BCUT2D eigenvalue weighted by atomic mass is 16.5. The van der Waals surface area contributed by atoms with Gasteiger partial charge in [-0.05, 0) is 60.4 Å². The maximum Gasteiger partial charge on any atom is 0.337 e. The van der Waals surface area contributed by atoms with Crippen LogP contribution in [0.4, 0.5) is 11.4 Å². The number of nitrogens with zero attached hydrogens (tertiary/aromatic N) is 2. The van der Waals surface area contributed by atoms with Gasteiger partial charge in [-0.2, -0.15) is 0 Å². The number of piperidine rings is 1. The largest absolute Gasteiger partial charge is 0.465 e. The highest BCUT2D eigenvalue weighted by Gasteiger charge is 2.36. The molecule has 188 valence electrons. The predicted octanol–water partition coefficient (Wildman–Crippen LogP) is 3.93. The van der Waals surface area contributed by atoms with Crippen molar-refractivity contribution in [3.8, 4) is 0 Å². The predicted molar refractivity (Wildman–Crippen MR) is 139 cm³/mol. The topological polar surface area (TPSA) is 108 Å². The molecule has 0 aliphatic carbocycles. The fraction of sp³-hybridized carbons (Fsp3) is 0.241. The molecular formula is C29H27N3O5. The average molecular weight is 498 g/mol. The molecule has 8 nitrogen and oxygen atoms in total. The lowest BCUT2D eigenvalue weighted by molar-refractivity contribution is -0.115. The van der Waals surface area contributed by atoms with E-state index in [0.29, 0.717) is 54.1 Å². The molecule has 0 saturated carbocycles. The molecule has 2 aliphatic rings. The number of aliphatic hydroxyl groups is 1. The number of aliphatic hydroxyl groups excluding tert-OH is 1. The molecule has 0 spiro atoms. The third-order valence-electron chi connectivity index (χ3n) is 6.76. The molecule has 1 fully saturated rings. The fourth-order valence-corrected chi connectivity index (χ4v) is 4.75. The summed E-state index contributed by atoms with van der Waals surface area (Å²) < 4.78 is 4.80. The second kappa shape index (κ2) is 10.4.